The number of aryl methyl sites for hydroxylation is 2. The van der Waals surface area contributed by atoms with Gasteiger partial charge in [0, 0.05) is 29.2 Å². The smallest absolute Gasteiger partial charge is 0.339 e. The van der Waals surface area contributed by atoms with E-state index in [4.69, 9.17) is 4.74 Å². The molecule has 0 fully saturated rings. The van der Waals surface area contributed by atoms with Crippen molar-refractivity contribution in [1.29, 1.82) is 0 Å². The fraction of sp³-hybridized carbons (Fsp3) is 0.241. The van der Waals surface area contributed by atoms with Gasteiger partial charge in [-0.05, 0) is 75.1 Å². The zero-order chi connectivity index (χ0) is 24.8. The Balaban J connectivity index is 1.85. The van der Waals surface area contributed by atoms with Gasteiger partial charge in [0.15, 0.2) is 0 Å². The zero-order valence-corrected chi connectivity index (χ0v) is 20.4. The van der Waals surface area contributed by atoms with Crippen LogP contribution in [0.1, 0.15) is 52.7 Å². The highest BCUT2D eigenvalue weighted by Gasteiger charge is 2.22. The SMILES string of the molecule is Cc1c(C)n(C)c2ccc(C(=O)O)c(-c3ccc(-c4ccccc4C(=O)OC(C)(C)C)cc3)c12. The van der Waals surface area contributed by atoms with Crippen molar-refractivity contribution in [3.05, 3.63) is 83.0 Å². The second-order valence-corrected chi connectivity index (χ2v) is 9.58. The summed E-state index contributed by atoms with van der Waals surface area (Å²) in [5.74, 6) is -1.34. The Bertz CT molecular complexity index is 1420. The Kier molecular flexibility index (Phi) is 5.82. The molecule has 0 aliphatic rings. The number of carboxylic acids is 1. The Labute approximate surface area is 199 Å². The predicted molar refractivity (Wildman–Crippen MR) is 135 cm³/mol. The number of rotatable bonds is 4. The number of benzene rings is 3. The molecule has 0 unspecified atom stereocenters. The second-order valence-electron chi connectivity index (χ2n) is 9.58. The molecule has 0 amide bonds. The number of carbonyl (C=O) groups is 2. The van der Waals surface area contributed by atoms with Crippen LogP contribution in [0.5, 0.6) is 0 Å². The van der Waals surface area contributed by atoms with Crippen LogP contribution in [0.2, 0.25) is 0 Å². The van der Waals surface area contributed by atoms with Crippen molar-refractivity contribution in [3.8, 4) is 22.3 Å². The number of hydrogen-bond acceptors (Lipinski definition) is 3. The lowest BCUT2D eigenvalue weighted by atomic mass is 9.92. The van der Waals surface area contributed by atoms with Crippen molar-refractivity contribution >= 4 is 22.8 Å². The quantitative estimate of drug-likeness (QED) is 0.344. The van der Waals surface area contributed by atoms with E-state index in [0.717, 1.165) is 38.9 Å². The fourth-order valence-electron chi connectivity index (χ4n) is 4.40. The van der Waals surface area contributed by atoms with Gasteiger partial charge < -0.3 is 14.4 Å². The number of nitrogens with zero attached hydrogens (tertiary/aromatic N) is 1. The number of ether oxygens (including phenoxy) is 1. The van der Waals surface area contributed by atoms with Gasteiger partial charge in [0.25, 0.3) is 0 Å². The molecule has 0 saturated heterocycles. The third kappa shape index (κ3) is 4.10. The van der Waals surface area contributed by atoms with Crippen LogP contribution in [-0.4, -0.2) is 27.2 Å². The van der Waals surface area contributed by atoms with Crippen LogP contribution in [0.4, 0.5) is 0 Å². The maximum absolute atomic E-state index is 12.8. The molecular formula is C29H29NO4. The number of esters is 1. The molecule has 5 heteroatoms. The van der Waals surface area contributed by atoms with Gasteiger partial charge in [-0.2, -0.15) is 0 Å². The molecule has 0 radical (unpaired) electrons. The molecule has 1 heterocycles. The minimum Gasteiger partial charge on any atom is -0.478 e. The summed E-state index contributed by atoms with van der Waals surface area (Å²) >= 11 is 0. The van der Waals surface area contributed by atoms with Gasteiger partial charge in [-0.25, -0.2) is 9.59 Å². The first-order valence-corrected chi connectivity index (χ1v) is 11.2. The van der Waals surface area contributed by atoms with Crippen molar-refractivity contribution in [2.45, 2.75) is 40.2 Å². The second kappa shape index (κ2) is 8.49. The van der Waals surface area contributed by atoms with Crippen LogP contribution in [0.15, 0.2) is 60.7 Å². The Hall–Kier alpha value is -3.86. The van der Waals surface area contributed by atoms with Crippen LogP contribution in [-0.2, 0) is 11.8 Å². The number of carbonyl (C=O) groups excluding carboxylic acids is 1. The minimum absolute atomic E-state index is 0.267. The molecule has 0 spiro atoms. The Morgan fingerprint density at radius 1 is 0.853 bits per heavy atom. The van der Waals surface area contributed by atoms with E-state index in [0.29, 0.717) is 11.1 Å². The molecule has 0 saturated carbocycles. The number of aromatic carboxylic acids is 1. The van der Waals surface area contributed by atoms with E-state index < -0.39 is 11.6 Å². The van der Waals surface area contributed by atoms with Crippen LogP contribution >= 0.6 is 0 Å². The summed E-state index contributed by atoms with van der Waals surface area (Å²) in [6, 6.07) is 18.6. The highest BCUT2D eigenvalue weighted by atomic mass is 16.6. The average Bonchev–Trinajstić information content (AvgIpc) is 3.01. The van der Waals surface area contributed by atoms with Gasteiger partial charge in [0.2, 0.25) is 0 Å². The summed E-state index contributed by atoms with van der Waals surface area (Å²) in [4.78, 5) is 24.9. The first kappa shape index (κ1) is 23.3. The molecule has 0 aliphatic carbocycles. The van der Waals surface area contributed by atoms with Gasteiger partial charge in [-0.3, -0.25) is 0 Å². The average molecular weight is 456 g/mol. The first-order chi connectivity index (χ1) is 16.0. The third-order valence-electron chi connectivity index (χ3n) is 6.23. The molecule has 4 aromatic rings. The molecule has 0 aliphatic heterocycles. The maximum atomic E-state index is 12.8. The summed E-state index contributed by atoms with van der Waals surface area (Å²) in [5.41, 5.74) is 6.48. The van der Waals surface area contributed by atoms with Gasteiger partial charge >= 0.3 is 11.9 Å². The van der Waals surface area contributed by atoms with Crippen molar-refractivity contribution < 1.29 is 19.4 Å². The van der Waals surface area contributed by atoms with Crippen LogP contribution in [0.25, 0.3) is 33.2 Å². The monoisotopic (exact) mass is 455 g/mol. The van der Waals surface area contributed by atoms with Gasteiger partial charge in [0.1, 0.15) is 5.60 Å². The van der Waals surface area contributed by atoms with E-state index in [1.165, 1.54) is 0 Å². The highest BCUT2D eigenvalue weighted by Crippen LogP contribution is 2.38. The Morgan fingerprint density at radius 2 is 1.47 bits per heavy atom. The summed E-state index contributed by atoms with van der Waals surface area (Å²) in [7, 11) is 1.99. The molecule has 0 bridgehead atoms. The molecular weight excluding hydrogens is 426 g/mol. The number of hydrogen-bond donors (Lipinski definition) is 1. The summed E-state index contributed by atoms with van der Waals surface area (Å²) < 4.78 is 7.68. The largest absolute Gasteiger partial charge is 0.478 e. The normalized spacial score (nSPS) is 11.6. The van der Waals surface area contributed by atoms with Gasteiger partial charge in [-0.15, -0.1) is 0 Å². The molecule has 174 valence electrons. The van der Waals surface area contributed by atoms with E-state index in [-0.39, 0.29) is 11.5 Å². The molecule has 1 aromatic heterocycles. The molecule has 34 heavy (non-hydrogen) atoms. The van der Waals surface area contributed by atoms with Crippen molar-refractivity contribution in [2.75, 3.05) is 0 Å². The van der Waals surface area contributed by atoms with Crippen LogP contribution in [0, 0.1) is 13.8 Å². The molecule has 5 nitrogen and oxygen atoms in total. The summed E-state index contributed by atoms with van der Waals surface area (Å²) in [5, 5.41) is 10.9. The van der Waals surface area contributed by atoms with E-state index in [2.05, 4.69) is 4.57 Å². The summed E-state index contributed by atoms with van der Waals surface area (Å²) in [6.07, 6.45) is 0. The topological polar surface area (TPSA) is 68.5 Å². The van der Waals surface area contributed by atoms with E-state index in [1.54, 1.807) is 12.1 Å². The predicted octanol–water partition coefficient (Wildman–Crippen LogP) is 6.78. The Morgan fingerprint density at radius 3 is 2.09 bits per heavy atom. The lowest BCUT2D eigenvalue weighted by molar-refractivity contribution is 0.00702. The van der Waals surface area contributed by atoms with E-state index in [9.17, 15) is 14.7 Å². The van der Waals surface area contributed by atoms with E-state index in [1.807, 2.05) is 90.2 Å². The van der Waals surface area contributed by atoms with Crippen molar-refractivity contribution in [2.24, 2.45) is 7.05 Å². The molecule has 0 atom stereocenters. The lowest BCUT2D eigenvalue weighted by Gasteiger charge is -2.20. The number of fused-ring (bicyclic) bond motifs is 1. The van der Waals surface area contributed by atoms with Gasteiger partial charge in [-0.1, -0.05) is 42.5 Å². The van der Waals surface area contributed by atoms with Crippen LogP contribution < -0.4 is 0 Å². The number of carboxylic acid groups (broad SMARTS) is 1. The third-order valence-corrected chi connectivity index (χ3v) is 6.23. The molecule has 3 aromatic carbocycles. The van der Waals surface area contributed by atoms with Crippen molar-refractivity contribution in [3.63, 3.8) is 0 Å². The number of aromatic nitrogens is 1. The minimum atomic E-state index is -0.961. The summed E-state index contributed by atoms with van der Waals surface area (Å²) in [6.45, 7) is 9.59. The lowest BCUT2D eigenvalue weighted by Crippen LogP contribution is -2.24. The zero-order valence-electron chi connectivity index (χ0n) is 20.4. The first-order valence-electron chi connectivity index (χ1n) is 11.2. The maximum Gasteiger partial charge on any atom is 0.339 e. The molecule has 1 N–H and O–H groups in total. The van der Waals surface area contributed by atoms with Gasteiger partial charge in [0.05, 0.1) is 11.1 Å². The standard InChI is InChI=1S/C29H29NO4/c1-17-18(2)30(6)24-16-15-23(27(31)32)26(25(17)24)20-13-11-19(12-14-20)21-9-7-8-10-22(21)28(33)34-29(3,4)5/h7-16H,1-6H3,(H,31,32). The molecule has 4 rings (SSSR count). The van der Waals surface area contributed by atoms with Crippen LogP contribution in [0.3, 0.4) is 0 Å². The highest BCUT2D eigenvalue weighted by molar-refractivity contribution is 6.09. The van der Waals surface area contributed by atoms with Crippen molar-refractivity contribution in [1.82, 2.24) is 4.57 Å². The van der Waals surface area contributed by atoms with E-state index >= 15 is 0 Å². The fourth-order valence-corrected chi connectivity index (χ4v) is 4.40.